The van der Waals surface area contributed by atoms with Crippen LogP contribution in [0.5, 0.6) is 0 Å². The largest absolute Gasteiger partial charge is 0.467 e. The molecule has 0 N–H and O–H groups in total. The van der Waals surface area contributed by atoms with Gasteiger partial charge >= 0.3 is 0 Å². The first-order valence-corrected chi connectivity index (χ1v) is 5.98. The normalized spacial score (nSPS) is 13.1. The fourth-order valence-corrected chi connectivity index (χ4v) is 2.37. The lowest BCUT2D eigenvalue weighted by Crippen LogP contribution is -2.23. The Hall–Kier alpha value is -1.36. The second-order valence-corrected chi connectivity index (χ2v) is 5.46. The molecule has 0 aromatic heterocycles. The van der Waals surface area contributed by atoms with E-state index in [0.29, 0.717) is 0 Å². The third kappa shape index (κ3) is 2.79. The minimum absolute atomic E-state index is 0.124. The minimum atomic E-state index is -3.40. The first-order valence-electron chi connectivity index (χ1n) is 4.43. The van der Waals surface area contributed by atoms with Crippen LogP contribution in [0.1, 0.15) is 6.92 Å². The molecular formula is C10H12O4S. The molecule has 4 nitrogen and oxygen atoms in total. The lowest BCUT2D eigenvalue weighted by Gasteiger charge is -2.11. The molecule has 0 radical (unpaired) electrons. The number of hydrogen-bond donors (Lipinski definition) is 0. The van der Waals surface area contributed by atoms with Crippen LogP contribution in [0.3, 0.4) is 0 Å². The maximum atomic E-state index is 11.8. The van der Waals surface area contributed by atoms with Crippen LogP contribution in [-0.4, -0.2) is 26.7 Å². The molecule has 1 aromatic rings. The molecule has 0 fully saturated rings. The van der Waals surface area contributed by atoms with Gasteiger partial charge in [0, 0.05) is 0 Å². The second-order valence-electron chi connectivity index (χ2n) is 3.10. The van der Waals surface area contributed by atoms with Crippen molar-refractivity contribution in [2.24, 2.45) is 0 Å². The summed E-state index contributed by atoms with van der Waals surface area (Å²) < 4.78 is 28.1. The van der Waals surface area contributed by atoms with Crippen LogP contribution in [0.2, 0.25) is 0 Å². The van der Waals surface area contributed by atoms with Crippen LogP contribution >= 0.6 is 0 Å². The van der Waals surface area contributed by atoms with Gasteiger partial charge in [0.05, 0.1) is 10.1 Å². The summed E-state index contributed by atoms with van der Waals surface area (Å²) in [4.78, 5) is 10.2. The molecule has 82 valence electrons. The van der Waals surface area contributed by atoms with Gasteiger partial charge < -0.3 is 4.74 Å². The Kier molecular flexibility index (Phi) is 3.85. The molecule has 1 atom stereocenters. The van der Waals surface area contributed by atoms with E-state index >= 15 is 0 Å². The van der Waals surface area contributed by atoms with Crippen molar-refractivity contribution in [3.05, 3.63) is 30.3 Å². The fraction of sp³-hybridized carbons (Fsp3) is 0.300. The van der Waals surface area contributed by atoms with E-state index in [0.717, 1.165) is 0 Å². The molecule has 0 aliphatic carbocycles. The van der Waals surface area contributed by atoms with Crippen LogP contribution in [0, 0.1) is 0 Å². The van der Waals surface area contributed by atoms with Crippen molar-refractivity contribution in [3.8, 4) is 0 Å². The number of hydrogen-bond acceptors (Lipinski definition) is 4. The van der Waals surface area contributed by atoms with Gasteiger partial charge in [0.1, 0.15) is 6.61 Å². The summed E-state index contributed by atoms with van der Waals surface area (Å²) in [5.41, 5.74) is 0. The lowest BCUT2D eigenvalue weighted by molar-refractivity contribution is -0.128. The van der Waals surface area contributed by atoms with Crippen molar-refractivity contribution in [1.82, 2.24) is 0 Å². The average Bonchev–Trinajstić information content (AvgIpc) is 2.27. The monoisotopic (exact) mass is 228 g/mol. The van der Waals surface area contributed by atoms with E-state index in [-0.39, 0.29) is 18.0 Å². The Morgan fingerprint density at radius 2 is 1.93 bits per heavy atom. The van der Waals surface area contributed by atoms with Gasteiger partial charge in [0.2, 0.25) is 0 Å². The van der Waals surface area contributed by atoms with Gasteiger partial charge in [-0.15, -0.1) is 0 Å². The van der Waals surface area contributed by atoms with Crippen LogP contribution in [0.4, 0.5) is 0 Å². The molecule has 0 bridgehead atoms. The highest BCUT2D eigenvalue weighted by Crippen LogP contribution is 2.15. The van der Waals surface area contributed by atoms with Gasteiger partial charge in [-0.25, -0.2) is 8.42 Å². The van der Waals surface area contributed by atoms with Crippen molar-refractivity contribution >= 4 is 16.3 Å². The molecule has 1 aromatic carbocycles. The standard InChI is InChI=1S/C10H12O4S/c1-9(7-14-8-11)15(12,13)10-5-3-2-4-6-10/h2-6,8-9H,7H2,1H3. The summed E-state index contributed by atoms with van der Waals surface area (Å²) in [6.45, 7) is 1.63. The molecule has 15 heavy (non-hydrogen) atoms. The van der Waals surface area contributed by atoms with E-state index in [1.165, 1.54) is 19.1 Å². The van der Waals surface area contributed by atoms with E-state index < -0.39 is 15.1 Å². The average molecular weight is 228 g/mol. The number of carbonyl (C=O) groups excluding carboxylic acids is 1. The van der Waals surface area contributed by atoms with Crippen molar-refractivity contribution in [3.63, 3.8) is 0 Å². The molecule has 5 heteroatoms. The van der Waals surface area contributed by atoms with Gasteiger partial charge in [0.15, 0.2) is 9.84 Å². The number of sulfone groups is 1. The molecule has 1 unspecified atom stereocenters. The Balaban J connectivity index is 2.88. The van der Waals surface area contributed by atoms with Crippen LogP contribution in [0.25, 0.3) is 0 Å². The number of rotatable bonds is 5. The first-order chi connectivity index (χ1) is 7.09. The second kappa shape index (κ2) is 4.93. The molecule has 0 aliphatic rings. The predicted octanol–water partition coefficient (Wildman–Crippen LogP) is 1.02. The van der Waals surface area contributed by atoms with E-state index in [2.05, 4.69) is 4.74 Å². The highest BCUT2D eigenvalue weighted by Gasteiger charge is 2.23. The Bertz CT molecular complexity index is 410. The number of ether oxygens (including phenoxy) is 1. The van der Waals surface area contributed by atoms with Gasteiger partial charge in [-0.2, -0.15) is 0 Å². The summed E-state index contributed by atoms with van der Waals surface area (Å²) in [7, 11) is -3.40. The predicted molar refractivity (Wildman–Crippen MR) is 55.1 cm³/mol. The summed E-state index contributed by atoms with van der Waals surface area (Å²) in [6.07, 6.45) is 0. The summed E-state index contributed by atoms with van der Waals surface area (Å²) in [5, 5.41) is -0.731. The molecule has 0 saturated carbocycles. The van der Waals surface area contributed by atoms with Crippen LogP contribution in [0.15, 0.2) is 35.2 Å². The molecule has 0 spiro atoms. The molecular weight excluding hydrogens is 216 g/mol. The maximum absolute atomic E-state index is 11.8. The molecule has 0 heterocycles. The fourth-order valence-electron chi connectivity index (χ4n) is 1.11. The topological polar surface area (TPSA) is 60.4 Å². The minimum Gasteiger partial charge on any atom is -0.467 e. The Morgan fingerprint density at radius 3 is 2.47 bits per heavy atom. The third-order valence-corrected chi connectivity index (χ3v) is 4.13. The molecule has 0 saturated heterocycles. The van der Waals surface area contributed by atoms with Crippen LogP contribution < -0.4 is 0 Å². The Labute approximate surface area is 88.8 Å². The van der Waals surface area contributed by atoms with Gasteiger partial charge in [0.25, 0.3) is 6.47 Å². The zero-order valence-electron chi connectivity index (χ0n) is 8.29. The van der Waals surface area contributed by atoms with Gasteiger partial charge in [-0.1, -0.05) is 18.2 Å². The van der Waals surface area contributed by atoms with E-state index in [9.17, 15) is 13.2 Å². The molecule has 0 aliphatic heterocycles. The maximum Gasteiger partial charge on any atom is 0.293 e. The van der Waals surface area contributed by atoms with E-state index in [4.69, 9.17) is 0 Å². The van der Waals surface area contributed by atoms with Gasteiger partial charge in [-0.3, -0.25) is 4.79 Å². The van der Waals surface area contributed by atoms with Crippen molar-refractivity contribution < 1.29 is 17.9 Å². The highest BCUT2D eigenvalue weighted by atomic mass is 32.2. The third-order valence-electron chi connectivity index (χ3n) is 2.00. The van der Waals surface area contributed by atoms with Crippen molar-refractivity contribution in [2.45, 2.75) is 17.1 Å². The highest BCUT2D eigenvalue weighted by molar-refractivity contribution is 7.92. The zero-order valence-corrected chi connectivity index (χ0v) is 9.11. The SMILES string of the molecule is CC(COC=O)S(=O)(=O)c1ccccc1. The zero-order chi connectivity index (χ0) is 11.3. The lowest BCUT2D eigenvalue weighted by atomic mass is 10.4. The van der Waals surface area contributed by atoms with E-state index in [1.807, 2.05) is 0 Å². The van der Waals surface area contributed by atoms with E-state index in [1.54, 1.807) is 18.2 Å². The van der Waals surface area contributed by atoms with Crippen molar-refractivity contribution in [2.75, 3.05) is 6.61 Å². The molecule has 0 amide bonds. The first kappa shape index (κ1) is 11.7. The summed E-state index contributed by atoms with van der Waals surface area (Å²) >= 11 is 0. The summed E-state index contributed by atoms with van der Waals surface area (Å²) in [6, 6.07) is 8.09. The summed E-state index contributed by atoms with van der Waals surface area (Å²) in [5.74, 6) is 0. The Morgan fingerprint density at radius 1 is 1.33 bits per heavy atom. The number of benzene rings is 1. The molecule has 1 rings (SSSR count). The van der Waals surface area contributed by atoms with Gasteiger partial charge in [-0.05, 0) is 19.1 Å². The number of carbonyl (C=O) groups is 1. The van der Waals surface area contributed by atoms with Crippen molar-refractivity contribution in [1.29, 1.82) is 0 Å². The quantitative estimate of drug-likeness (QED) is 0.706. The van der Waals surface area contributed by atoms with Crippen LogP contribution in [-0.2, 0) is 19.4 Å². The smallest absolute Gasteiger partial charge is 0.293 e.